The van der Waals surface area contributed by atoms with Crippen LogP contribution in [0.25, 0.3) is 0 Å². The highest BCUT2D eigenvalue weighted by Crippen LogP contribution is 2.22. The van der Waals surface area contributed by atoms with Crippen LogP contribution in [0.4, 0.5) is 5.69 Å². The van der Waals surface area contributed by atoms with Gasteiger partial charge in [-0.25, -0.2) is 0 Å². The Morgan fingerprint density at radius 2 is 1.35 bits per heavy atom. The Morgan fingerprint density at radius 3 is 1.82 bits per heavy atom. The van der Waals surface area contributed by atoms with Gasteiger partial charge >= 0.3 is 0 Å². The zero-order chi connectivity index (χ0) is 12.3. The third-order valence-corrected chi connectivity index (χ3v) is 2.25. The molecule has 0 aliphatic carbocycles. The highest BCUT2D eigenvalue weighted by Gasteiger charge is 2.01. The van der Waals surface area contributed by atoms with Crippen LogP contribution in [0.5, 0.6) is 11.5 Å². The molecule has 0 saturated heterocycles. The maximum Gasteiger partial charge on any atom is 0.248 e. The van der Waals surface area contributed by atoms with Crippen LogP contribution in [0.3, 0.4) is 0 Å². The van der Waals surface area contributed by atoms with Gasteiger partial charge in [-0.15, -0.1) is 0 Å². The Balaban J connectivity index is 2.13. The number of carbonyl (C=O) groups is 1. The summed E-state index contributed by atoms with van der Waals surface area (Å²) in [6.45, 7) is 0. The van der Waals surface area contributed by atoms with Crippen molar-refractivity contribution < 1.29 is 9.53 Å². The van der Waals surface area contributed by atoms with Crippen molar-refractivity contribution >= 4 is 11.6 Å². The molecular weight excluding hydrogens is 216 g/mol. The molecule has 0 atom stereocenters. The van der Waals surface area contributed by atoms with E-state index < -0.39 is 5.91 Å². The first-order valence-corrected chi connectivity index (χ1v) is 5.08. The Kier molecular flexibility index (Phi) is 2.96. The second-order valence-corrected chi connectivity index (χ2v) is 3.56. The minimum absolute atomic E-state index is 0.453. The second kappa shape index (κ2) is 4.57. The molecule has 2 aromatic rings. The number of hydrogen-bond donors (Lipinski definition) is 2. The molecule has 86 valence electrons. The summed E-state index contributed by atoms with van der Waals surface area (Å²) in [5.41, 5.74) is 11.8. The van der Waals surface area contributed by atoms with Gasteiger partial charge in [0.05, 0.1) is 0 Å². The molecule has 0 radical (unpaired) electrons. The standard InChI is InChI=1S/C13H12N2O2/c14-10-3-7-12(8-4-10)17-11-5-1-9(2-6-11)13(15)16/h1-8H,14H2,(H2,15,16). The van der Waals surface area contributed by atoms with Crippen molar-refractivity contribution in [2.24, 2.45) is 5.73 Å². The number of ether oxygens (including phenoxy) is 1. The quantitative estimate of drug-likeness (QED) is 0.790. The van der Waals surface area contributed by atoms with Gasteiger partial charge in [0, 0.05) is 11.3 Å². The van der Waals surface area contributed by atoms with Crippen molar-refractivity contribution in [2.45, 2.75) is 0 Å². The summed E-state index contributed by atoms with van der Waals surface area (Å²) in [4.78, 5) is 10.9. The molecule has 0 unspecified atom stereocenters. The maximum atomic E-state index is 10.9. The number of amides is 1. The van der Waals surface area contributed by atoms with E-state index in [1.54, 1.807) is 48.5 Å². The van der Waals surface area contributed by atoms with Crippen LogP contribution in [0.1, 0.15) is 10.4 Å². The fourth-order valence-electron chi connectivity index (χ4n) is 1.36. The minimum atomic E-state index is -0.455. The molecule has 0 aliphatic rings. The number of carbonyl (C=O) groups excluding carboxylic acids is 1. The van der Waals surface area contributed by atoms with E-state index in [1.165, 1.54) is 0 Å². The van der Waals surface area contributed by atoms with Crippen LogP contribution in [0.2, 0.25) is 0 Å². The van der Waals surface area contributed by atoms with Gasteiger partial charge in [0.2, 0.25) is 5.91 Å². The summed E-state index contributed by atoms with van der Waals surface area (Å²) >= 11 is 0. The Bertz CT molecular complexity index is 518. The van der Waals surface area contributed by atoms with Crippen LogP contribution < -0.4 is 16.2 Å². The number of nitrogens with two attached hydrogens (primary N) is 2. The van der Waals surface area contributed by atoms with Crippen LogP contribution in [-0.4, -0.2) is 5.91 Å². The molecule has 0 fully saturated rings. The number of anilines is 1. The summed E-state index contributed by atoms with van der Waals surface area (Å²) in [6, 6.07) is 13.7. The lowest BCUT2D eigenvalue weighted by atomic mass is 10.2. The van der Waals surface area contributed by atoms with Crippen molar-refractivity contribution in [2.75, 3.05) is 5.73 Å². The highest BCUT2D eigenvalue weighted by atomic mass is 16.5. The first-order chi connectivity index (χ1) is 8.15. The molecule has 0 heterocycles. The van der Waals surface area contributed by atoms with Crippen molar-refractivity contribution in [3.63, 3.8) is 0 Å². The Labute approximate surface area is 98.8 Å². The predicted octanol–water partition coefficient (Wildman–Crippen LogP) is 2.16. The smallest absolute Gasteiger partial charge is 0.248 e. The van der Waals surface area contributed by atoms with E-state index in [0.717, 1.165) is 0 Å². The van der Waals surface area contributed by atoms with Crippen LogP contribution in [0.15, 0.2) is 48.5 Å². The van der Waals surface area contributed by atoms with E-state index in [2.05, 4.69) is 0 Å². The lowest BCUT2D eigenvalue weighted by molar-refractivity contribution is 0.100. The van der Waals surface area contributed by atoms with Gasteiger partial charge in [-0.2, -0.15) is 0 Å². The molecule has 4 heteroatoms. The molecule has 4 N–H and O–H groups in total. The van der Waals surface area contributed by atoms with Crippen LogP contribution >= 0.6 is 0 Å². The third-order valence-electron chi connectivity index (χ3n) is 2.25. The monoisotopic (exact) mass is 228 g/mol. The van der Waals surface area contributed by atoms with E-state index in [-0.39, 0.29) is 0 Å². The fraction of sp³-hybridized carbons (Fsp3) is 0. The summed E-state index contributed by atoms with van der Waals surface area (Å²) in [5, 5.41) is 0. The minimum Gasteiger partial charge on any atom is -0.457 e. The van der Waals surface area contributed by atoms with Gasteiger partial charge in [0.25, 0.3) is 0 Å². The molecule has 0 bridgehead atoms. The van der Waals surface area contributed by atoms with Gasteiger partial charge in [-0.3, -0.25) is 4.79 Å². The van der Waals surface area contributed by atoms with E-state index in [9.17, 15) is 4.79 Å². The van der Waals surface area contributed by atoms with E-state index in [1.807, 2.05) is 0 Å². The fourth-order valence-corrected chi connectivity index (χ4v) is 1.36. The van der Waals surface area contributed by atoms with Crippen molar-refractivity contribution in [1.82, 2.24) is 0 Å². The zero-order valence-corrected chi connectivity index (χ0v) is 9.09. The molecule has 0 aliphatic heterocycles. The van der Waals surface area contributed by atoms with E-state index >= 15 is 0 Å². The number of primary amides is 1. The first kappa shape index (κ1) is 11.0. The van der Waals surface area contributed by atoms with Crippen molar-refractivity contribution in [1.29, 1.82) is 0 Å². The van der Waals surface area contributed by atoms with Crippen LogP contribution in [0, 0.1) is 0 Å². The molecular formula is C13H12N2O2. The molecule has 4 nitrogen and oxygen atoms in total. The lowest BCUT2D eigenvalue weighted by Crippen LogP contribution is -2.10. The van der Waals surface area contributed by atoms with Gasteiger partial charge in [-0.1, -0.05) is 0 Å². The van der Waals surface area contributed by atoms with E-state index in [4.69, 9.17) is 16.2 Å². The Morgan fingerprint density at radius 1 is 0.882 bits per heavy atom. The second-order valence-electron chi connectivity index (χ2n) is 3.56. The molecule has 0 spiro atoms. The maximum absolute atomic E-state index is 10.9. The van der Waals surface area contributed by atoms with Gasteiger partial charge in [0.1, 0.15) is 11.5 Å². The van der Waals surface area contributed by atoms with Crippen LogP contribution in [-0.2, 0) is 0 Å². The molecule has 0 aromatic heterocycles. The average molecular weight is 228 g/mol. The molecule has 17 heavy (non-hydrogen) atoms. The summed E-state index contributed by atoms with van der Waals surface area (Å²) in [5.74, 6) is 0.870. The number of hydrogen-bond acceptors (Lipinski definition) is 3. The van der Waals surface area contributed by atoms with Crippen molar-refractivity contribution in [3.8, 4) is 11.5 Å². The largest absolute Gasteiger partial charge is 0.457 e. The lowest BCUT2D eigenvalue weighted by Gasteiger charge is -2.06. The number of rotatable bonds is 3. The molecule has 2 rings (SSSR count). The molecule has 1 amide bonds. The SMILES string of the molecule is NC(=O)c1ccc(Oc2ccc(N)cc2)cc1. The van der Waals surface area contributed by atoms with E-state index in [0.29, 0.717) is 22.7 Å². The third kappa shape index (κ3) is 2.75. The Hall–Kier alpha value is -2.49. The topological polar surface area (TPSA) is 78.3 Å². The zero-order valence-electron chi connectivity index (χ0n) is 9.09. The summed E-state index contributed by atoms with van der Waals surface area (Å²) in [6.07, 6.45) is 0. The van der Waals surface area contributed by atoms with Gasteiger partial charge < -0.3 is 16.2 Å². The number of benzene rings is 2. The first-order valence-electron chi connectivity index (χ1n) is 5.08. The highest BCUT2D eigenvalue weighted by molar-refractivity contribution is 5.92. The van der Waals surface area contributed by atoms with Crippen molar-refractivity contribution in [3.05, 3.63) is 54.1 Å². The summed E-state index contributed by atoms with van der Waals surface area (Å²) in [7, 11) is 0. The summed E-state index contributed by atoms with van der Waals surface area (Å²) < 4.78 is 5.56. The predicted molar refractivity (Wildman–Crippen MR) is 65.9 cm³/mol. The number of nitrogen functional groups attached to an aromatic ring is 1. The average Bonchev–Trinajstić information content (AvgIpc) is 2.33. The van der Waals surface area contributed by atoms with Gasteiger partial charge in [-0.05, 0) is 48.5 Å². The molecule has 2 aromatic carbocycles. The van der Waals surface area contributed by atoms with Gasteiger partial charge in [0.15, 0.2) is 0 Å². The molecule has 0 saturated carbocycles. The normalized spacial score (nSPS) is 9.88.